The zero-order valence-corrected chi connectivity index (χ0v) is 11.8. The van der Waals surface area contributed by atoms with Gasteiger partial charge in [-0.05, 0) is 6.42 Å². The minimum atomic E-state index is -0.270. The molecule has 0 aromatic carbocycles. The lowest BCUT2D eigenvalue weighted by molar-refractivity contribution is 0.168. The molecule has 1 atom stereocenters. The molecule has 0 aromatic heterocycles. The van der Waals surface area contributed by atoms with Crippen molar-refractivity contribution >= 4 is 0 Å². The maximum absolute atomic E-state index is 9.28. The maximum Gasteiger partial charge on any atom is 0.0662 e. The third-order valence-corrected chi connectivity index (χ3v) is 3.41. The first-order valence-corrected chi connectivity index (χ1v) is 7.69. The fourth-order valence-corrected chi connectivity index (χ4v) is 2.16. The summed E-state index contributed by atoms with van der Waals surface area (Å²) < 4.78 is 0. The van der Waals surface area contributed by atoms with Crippen molar-refractivity contribution in [2.45, 2.75) is 90.1 Å². The van der Waals surface area contributed by atoms with E-state index in [-0.39, 0.29) is 6.10 Å². The fraction of sp³-hybridized carbons (Fsp3) is 1.00. The van der Waals surface area contributed by atoms with Crippen molar-refractivity contribution in [3.63, 3.8) is 0 Å². The molecular weight excluding hydrogens is 210 g/mol. The molecule has 2 nitrogen and oxygen atoms in total. The Kier molecular flexibility index (Phi) is 13.9. The molecule has 0 bridgehead atoms. The standard InChI is InChI=1S/C15H33NO/c1-2-3-4-5-6-7-8-9-10-11-12-13-15(17)14-16/h15,17H,2-14,16H2,1H3. The van der Waals surface area contributed by atoms with E-state index < -0.39 is 0 Å². The van der Waals surface area contributed by atoms with Crippen LogP contribution < -0.4 is 5.73 Å². The highest BCUT2D eigenvalue weighted by atomic mass is 16.3. The van der Waals surface area contributed by atoms with Crippen molar-refractivity contribution in [1.29, 1.82) is 0 Å². The van der Waals surface area contributed by atoms with Gasteiger partial charge in [-0.25, -0.2) is 0 Å². The lowest BCUT2D eigenvalue weighted by Gasteiger charge is -2.06. The molecule has 0 aliphatic rings. The molecule has 0 spiro atoms. The SMILES string of the molecule is CCCCCCCCCCCCCC(O)CN. The summed E-state index contributed by atoms with van der Waals surface area (Å²) in [5.41, 5.74) is 5.35. The lowest BCUT2D eigenvalue weighted by Crippen LogP contribution is -2.19. The Balaban J connectivity index is 2.94. The monoisotopic (exact) mass is 243 g/mol. The van der Waals surface area contributed by atoms with Crippen LogP contribution in [0.25, 0.3) is 0 Å². The normalized spacial score (nSPS) is 12.9. The van der Waals surface area contributed by atoms with Gasteiger partial charge in [0.1, 0.15) is 0 Å². The second-order valence-electron chi connectivity index (χ2n) is 5.21. The molecule has 2 heteroatoms. The van der Waals surface area contributed by atoms with Crippen LogP contribution in [0, 0.1) is 0 Å². The van der Waals surface area contributed by atoms with Gasteiger partial charge in [-0.1, -0.05) is 77.6 Å². The van der Waals surface area contributed by atoms with Crippen LogP contribution in [0.3, 0.4) is 0 Å². The number of aliphatic hydroxyl groups is 1. The van der Waals surface area contributed by atoms with Gasteiger partial charge in [0.2, 0.25) is 0 Å². The number of hydrogen-bond donors (Lipinski definition) is 2. The minimum absolute atomic E-state index is 0.270. The average molecular weight is 243 g/mol. The molecule has 0 fully saturated rings. The van der Waals surface area contributed by atoms with E-state index in [2.05, 4.69) is 6.92 Å². The van der Waals surface area contributed by atoms with Gasteiger partial charge >= 0.3 is 0 Å². The van der Waals surface area contributed by atoms with E-state index >= 15 is 0 Å². The van der Waals surface area contributed by atoms with Gasteiger partial charge in [0.15, 0.2) is 0 Å². The maximum atomic E-state index is 9.28. The molecular formula is C15H33NO. The second-order valence-corrected chi connectivity index (χ2v) is 5.21. The zero-order chi connectivity index (χ0) is 12.8. The molecule has 0 aliphatic carbocycles. The first kappa shape index (κ1) is 16.9. The van der Waals surface area contributed by atoms with Crippen LogP contribution in [-0.4, -0.2) is 17.8 Å². The van der Waals surface area contributed by atoms with Crippen molar-refractivity contribution in [3.8, 4) is 0 Å². The number of unbranched alkanes of at least 4 members (excludes halogenated alkanes) is 10. The molecule has 0 radical (unpaired) electrons. The van der Waals surface area contributed by atoms with Gasteiger partial charge in [0.05, 0.1) is 6.10 Å². The van der Waals surface area contributed by atoms with Crippen LogP contribution in [0.2, 0.25) is 0 Å². The second kappa shape index (κ2) is 14.0. The zero-order valence-electron chi connectivity index (χ0n) is 11.8. The van der Waals surface area contributed by atoms with E-state index in [0.717, 1.165) is 12.8 Å². The molecule has 0 saturated carbocycles. The minimum Gasteiger partial charge on any atom is -0.392 e. The number of aliphatic hydroxyl groups excluding tert-OH is 1. The third-order valence-electron chi connectivity index (χ3n) is 3.41. The number of rotatable bonds is 13. The summed E-state index contributed by atoms with van der Waals surface area (Å²) in [7, 11) is 0. The van der Waals surface area contributed by atoms with E-state index in [1.54, 1.807) is 0 Å². The summed E-state index contributed by atoms with van der Waals surface area (Å²) in [5.74, 6) is 0. The number of nitrogens with two attached hydrogens (primary N) is 1. The van der Waals surface area contributed by atoms with Crippen LogP contribution >= 0.6 is 0 Å². The average Bonchev–Trinajstić information content (AvgIpc) is 2.35. The summed E-state index contributed by atoms with van der Waals surface area (Å²) >= 11 is 0. The molecule has 0 rings (SSSR count). The van der Waals surface area contributed by atoms with Crippen molar-refractivity contribution in [1.82, 2.24) is 0 Å². The molecule has 0 aromatic rings. The predicted octanol–water partition coefficient (Wildman–Crippen LogP) is 4.01. The van der Waals surface area contributed by atoms with Crippen molar-refractivity contribution < 1.29 is 5.11 Å². The first-order chi connectivity index (χ1) is 8.31. The molecule has 0 heterocycles. The Labute approximate surface area is 108 Å². The van der Waals surface area contributed by atoms with Gasteiger partial charge < -0.3 is 10.8 Å². The van der Waals surface area contributed by atoms with E-state index in [1.807, 2.05) is 0 Å². The van der Waals surface area contributed by atoms with Crippen LogP contribution in [0.1, 0.15) is 84.0 Å². The highest BCUT2D eigenvalue weighted by molar-refractivity contribution is 4.55. The quantitative estimate of drug-likeness (QED) is 0.480. The van der Waals surface area contributed by atoms with E-state index in [9.17, 15) is 5.11 Å². The largest absolute Gasteiger partial charge is 0.392 e. The Morgan fingerprint density at radius 3 is 1.59 bits per heavy atom. The molecule has 1 unspecified atom stereocenters. The predicted molar refractivity (Wildman–Crippen MR) is 76.1 cm³/mol. The van der Waals surface area contributed by atoms with Crippen molar-refractivity contribution in [3.05, 3.63) is 0 Å². The highest BCUT2D eigenvalue weighted by Crippen LogP contribution is 2.12. The summed E-state index contributed by atoms with van der Waals surface area (Å²) in [4.78, 5) is 0. The summed E-state index contributed by atoms with van der Waals surface area (Å²) in [6, 6.07) is 0. The molecule has 0 aliphatic heterocycles. The Morgan fingerprint density at radius 1 is 0.765 bits per heavy atom. The van der Waals surface area contributed by atoms with Crippen LogP contribution in [0.15, 0.2) is 0 Å². The molecule has 3 N–H and O–H groups in total. The van der Waals surface area contributed by atoms with Crippen molar-refractivity contribution in [2.24, 2.45) is 5.73 Å². The van der Waals surface area contributed by atoms with Crippen LogP contribution in [0.4, 0.5) is 0 Å². The Hall–Kier alpha value is -0.0800. The van der Waals surface area contributed by atoms with Gasteiger partial charge in [0, 0.05) is 6.54 Å². The van der Waals surface area contributed by atoms with Crippen LogP contribution in [-0.2, 0) is 0 Å². The molecule has 0 amide bonds. The first-order valence-electron chi connectivity index (χ1n) is 7.69. The summed E-state index contributed by atoms with van der Waals surface area (Å²) in [5, 5.41) is 9.28. The van der Waals surface area contributed by atoms with E-state index in [4.69, 9.17) is 5.73 Å². The Morgan fingerprint density at radius 2 is 1.18 bits per heavy atom. The van der Waals surface area contributed by atoms with Gasteiger partial charge in [-0.2, -0.15) is 0 Å². The highest BCUT2D eigenvalue weighted by Gasteiger charge is 1.99. The number of hydrogen-bond acceptors (Lipinski definition) is 2. The molecule has 0 saturated heterocycles. The molecule has 17 heavy (non-hydrogen) atoms. The van der Waals surface area contributed by atoms with Crippen molar-refractivity contribution in [2.75, 3.05) is 6.54 Å². The summed E-state index contributed by atoms with van der Waals surface area (Å²) in [6.45, 7) is 2.68. The van der Waals surface area contributed by atoms with Crippen LogP contribution in [0.5, 0.6) is 0 Å². The third kappa shape index (κ3) is 13.9. The van der Waals surface area contributed by atoms with E-state index in [1.165, 1.54) is 64.2 Å². The lowest BCUT2D eigenvalue weighted by atomic mass is 10.0. The summed E-state index contributed by atoms with van der Waals surface area (Å²) in [6.07, 6.45) is 15.5. The topological polar surface area (TPSA) is 46.2 Å². The fourth-order valence-electron chi connectivity index (χ4n) is 2.16. The molecule has 104 valence electrons. The van der Waals surface area contributed by atoms with Gasteiger partial charge in [-0.3, -0.25) is 0 Å². The van der Waals surface area contributed by atoms with E-state index in [0.29, 0.717) is 6.54 Å². The Bertz CT molecular complexity index is 139. The van der Waals surface area contributed by atoms with Gasteiger partial charge in [0.25, 0.3) is 0 Å². The smallest absolute Gasteiger partial charge is 0.0662 e. The van der Waals surface area contributed by atoms with Gasteiger partial charge in [-0.15, -0.1) is 0 Å².